The molecule has 0 bridgehead atoms. The minimum Gasteiger partial charge on any atom is -0.480 e. The van der Waals surface area contributed by atoms with Crippen LogP contribution in [0.15, 0.2) is 24.3 Å². The summed E-state index contributed by atoms with van der Waals surface area (Å²) in [5.74, 6) is -2.03. The summed E-state index contributed by atoms with van der Waals surface area (Å²) in [5.41, 5.74) is -0.278. The molecule has 102 valence electrons. The van der Waals surface area contributed by atoms with Gasteiger partial charge < -0.3 is 15.5 Å². The van der Waals surface area contributed by atoms with Crippen molar-refractivity contribution in [3.63, 3.8) is 0 Å². The average Bonchev–Trinajstić information content (AvgIpc) is 2.38. The van der Waals surface area contributed by atoms with Gasteiger partial charge in [-0.25, -0.2) is 4.79 Å². The molecule has 1 aromatic carbocycles. The predicted molar refractivity (Wildman–Crippen MR) is 63.7 cm³/mol. The second kappa shape index (κ2) is 6.45. The lowest BCUT2D eigenvalue weighted by molar-refractivity contribution is -0.384. The van der Waals surface area contributed by atoms with E-state index >= 15 is 0 Å². The van der Waals surface area contributed by atoms with Crippen molar-refractivity contribution in [1.82, 2.24) is 5.32 Å². The Morgan fingerprint density at radius 3 is 2.63 bits per heavy atom. The fraction of sp³-hybridized carbons (Fsp3) is 0.273. The number of carboxylic acid groups (broad SMARTS) is 1. The minimum atomic E-state index is -1.28. The van der Waals surface area contributed by atoms with E-state index in [0.29, 0.717) is 0 Å². The number of aliphatic hydroxyl groups excluding tert-OH is 1. The number of nitro benzene ring substituents is 1. The summed E-state index contributed by atoms with van der Waals surface area (Å²) in [6.45, 7) is -0.397. The van der Waals surface area contributed by atoms with Crippen molar-refractivity contribution in [3.8, 4) is 0 Å². The van der Waals surface area contributed by atoms with E-state index in [4.69, 9.17) is 10.2 Å². The first-order chi connectivity index (χ1) is 8.95. The number of hydrogen-bond acceptors (Lipinski definition) is 5. The van der Waals surface area contributed by atoms with Crippen molar-refractivity contribution in [2.24, 2.45) is 0 Å². The Kier molecular flexibility index (Phi) is 4.95. The van der Waals surface area contributed by atoms with Gasteiger partial charge in [0.05, 0.1) is 4.92 Å². The number of rotatable bonds is 6. The zero-order valence-corrected chi connectivity index (χ0v) is 9.78. The number of carbonyl (C=O) groups is 2. The summed E-state index contributed by atoms with van der Waals surface area (Å²) in [6, 6.07) is 3.69. The number of aliphatic carboxylic acids is 1. The third kappa shape index (κ3) is 4.03. The molecule has 0 radical (unpaired) electrons. The first-order valence-electron chi connectivity index (χ1n) is 5.34. The topological polar surface area (TPSA) is 130 Å². The Bertz CT molecular complexity index is 502. The highest BCUT2D eigenvalue weighted by Gasteiger charge is 2.20. The number of hydrogen-bond donors (Lipinski definition) is 3. The Hall–Kier alpha value is -2.48. The second-order valence-electron chi connectivity index (χ2n) is 3.68. The number of nitro groups is 1. The summed E-state index contributed by atoms with van der Waals surface area (Å²) in [6.07, 6.45) is -0.143. The van der Waals surface area contributed by atoms with Crippen molar-refractivity contribution < 1.29 is 24.7 Å². The van der Waals surface area contributed by atoms with Crippen molar-refractivity contribution in [3.05, 3.63) is 39.9 Å². The molecule has 1 aromatic rings. The van der Waals surface area contributed by atoms with Gasteiger partial charge in [-0.3, -0.25) is 14.9 Å². The summed E-state index contributed by atoms with van der Waals surface area (Å²) in [5, 5.41) is 30.2. The van der Waals surface area contributed by atoms with Crippen LogP contribution in [0, 0.1) is 10.1 Å². The van der Waals surface area contributed by atoms with E-state index < -0.39 is 29.4 Å². The van der Waals surface area contributed by atoms with Gasteiger partial charge in [0.15, 0.2) is 0 Å². The molecule has 1 rings (SSSR count). The molecule has 0 fully saturated rings. The van der Waals surface area contributed by atoms with Crippen LogP contribution in [-0.4, -0.2) is 39.7 Å². The minimum absolute atomic E-state index is 0.0154. The van der Waals surface area contributed by atoms with E-state index in [1.807, 2.05) is 0 Å². The van der Waals surface area contributed by atoms with Crippen LogP contribution in [0.3, 0.4) is 0 Å². The molecule has 0 heterocycles. The van der Waals surface area contributed by atoms with Crippen LogP contribution in [0.1, 0.15) is 16.8 Å². The summed E-state index contributed by atoms with van der Waals surface area (Å²) in [7, 11) is 0. The Morgan fingerprint density at radius 2 is 2.11 bits per heavy atom. The Morgan fingerprint density at radius 1 is 1.42 bits per heavy atom. The number of non-ortho nitro benzene ring substituents is 1. The molecule has 0 saturated carbocycles. The summed E-state index contributed by atoms with van der Waals surface area (Å²) < 4.78 is 0. The van der Waals surface area contributed by atoms with Crippen LogP contribution in [-0.2, 0) is 4.79 Å². The van der Waals surface area contributed by atoms with E-state index in [-0.39, 0.29) is 17.7 Å². The molecule has 8 heteroatoms. The highest BCUT2D eigenvalue weighted by atomic mass is 16.6. The Balaban J connectivity index is 2.85. The van der Waals surface area contributed by atoms with E-state index in [9.17, 15) is 19.7 Å². The molecule has 0 aliphatic rings. The first-order valence-corrected chi connectivity index (χ1v) is 5.34. The summed E-state index contributed by atoms with van der Waals surface area (Å²) >= 11 is 0. The molecule has 0 aliphatic heterocycles. The van der Waals surface area contributed by atoms with Gasteiger partial charge in [0, 0.05) is 30.7 Å². The van der Waals surface area contributed by atoms with Gasteiger partial charge in [0.25, 0.3) is 11.6 Å². The fourth-order valence-electron chi connectivity index (χ4n) is 1.39. The molecule has 1 atom stereocenters. The zero-order chi connectivity index (χ0) is 14.4. The van der Waals surface area contributed by atoms with Crippen molar-refractivity contribution in [1.29, 1.82) is 0 Å². The largest absolute Gasteiger partial charge is 0.480 e. The van der Waals surface area contributed by atoms with Crippen molar-refractivity contribution >= 4 is 17.6 Å². The van der Waals surface area contributed by atoms with Gasteiger partial charge in [0.1, 0.15) is 6.04 Å². The molecule has 1 amide bonds. The van der Waals surface area contributed by atoms with E-state index in [2.05, 4.69) is 5.32 Å². The van der Waals surface area contributed by atoms with Crippen LogP contribution < -0.4 is 5.32 Å². The van der Waals surface area contributed by atoms with Gasteiger partial charge in [-0.15, -0.1) is 0 Å². The highest BCUT2D eigenvalue weighted by molar-refractivity contribution is 5.97. The number of nitrogens with zero attached hydrogens (tertiary/aromatic N) is 1. The molecule has 0 spiro atoms. The van der Waals surface area contributed by atoms with Crippen LogP contribution >= 0.6 is 0 Å². The quantitative estimate of drug-likeness (QED) is 0.497. The lowest BCUT2D eigenvalue weighted by Gasteiger charge is -2.12. The van der Waals surface area contributed by atoms with E-state index in [1.54, 1.807) is 0 Å². The second-order valence-corrected chi connectivity index (χ2v) is 3.68. The molecular weight excluding hydrogens is 256 g/mol. The zero-order valence-electron chi connectivity index (χ0n) is 9.78. The van der Waals surface area contributed by atoms with Gasteiger partial charge in [-0.1, -0.05) is 6.07 Å². The van der Waals surface area contributed by atoms with Gasteiger partial charge in [-0.2, -0.15) is 0 Å². The highest BCUT2D eigenvalue weighted by Crippen LogP contribution is 2.13. The molecule has 8 nitrogen and oxygen atoms in total. The first kappa shape index (κ1) is 14.6. The normalized spacial score (nSPS) is 11.6. The lowest BCUT2D eigenvalue weighted by atomic mass is 10.1. The average molecular weight is 268 g/mol. The maximum atomic E-state index is 11.7. The maximum Gasteiger partial charge on any atom is 0.326 e. The molecule has 3 N–H and O–H groups in total. The van der Waals surface area contributed by atoms with Crippen LogP contribution in [0.5, 0.6) is 0 Å². The van der Waals surface area contributed by atoms with Crippen LogP contribution in [0.2, 0.25) is 0 Å². The van der Waals surface area contributed by atoms with E-state index in [1.165, 1.54) is 18.2 Å². The molecule has 0 unspecified atom stereocenters. The molecule has 0 aromatic heterocycles. The number of amides is 1. The number of nitrogens with one attached hydrogen (secondary N) is 1. The monoisotopic (exact) mass is 268 g/mol. The SMILES string of the molecule is O=C(N[C@@H](CCO)C(=O)O)c1cccc([N+](=O)[O-])c1. The molecule has 0 saturated heterocycles. The van der Waals surface area contributed by atoms with Gasteiger partial charge in [0.2, 0.25) is 0 Å². The number of carboxylic acids is 1. The Labute approximate surface area is 107 Å². The van der Waals surface area contributed by atoms with Crippen LogP contribution in [0.25, 0.3) is 0 Å². The van der Waals surface area contributed by atoms with Crippen LogP contribution in [0.4, 0.5) is 5.69 Å². The number of benzene rings is 1. The molecule has 19 heavy (non-hydrogen) atoms. The third-order valence-electron chi connectivity index (χ3n) is 2.34. The maximum absolute atomic E-state index is 11.7. The van der Waals surface area contributed by atoms with E-state index in [0.717, 1.165) is 6.07 Å². The van der Waals surface area contributed by atoms with Crippen molar-refractivity contribution in [2.75, 3.05) is 6.61 Å². The summed E-state index contributed by atoms with van der Waals surface area (Å²) in [4.78, 5) is 32.4. The standard InChI is InChI=1S/C11H12N2O6/c14-5-4-9(11(16)17)12-10(15)7-2-1-3-8(6-7)13(18)19/h1-3,6,9,14H,4-5H2,(H,12,15)(H,16,17)/t9-/m0/s1. The van der Waals surface area contributed by atoms with Gasteiger partial charge >= 0.3 is 5.97 Å². The molecular formula is C11H12N2O6. The predicted octanol–water partition coefficient (Wildman–Crippen LogP) is 0.160. The fourth-order valence-corrected chi connectivity index (χ4v) is 1.39. The number of carbonyl (C=O) groups excluding carboxylic acids is 1. The molecule has 0 aliphatic carbocycles. The smallest absolute Gasteiger partial charge is 0.326 e. The van der Waals surface area contributed by atoms with Crippen molar-refractivity contribution in [2.45, 2.75) is 12.5 Å². The lowest BCUT2D eigenvalue weighted by Crippen LogP contribution is -2.41. The number of aliphatic hydroxyl groups is 1. The van der Waals surface area contributed by atoms with Gasteiger partial charge in [-0.05, 0) is 6.07 Å². The third-order valence-corrected chi connectivity index (χ3v) is 2.34.